The van der Waals surface area contributed by atoms with Crippen molar-refractivity contribution in [1.82, 2.24) is 0 Å². The first-order chi connectivity index (χ1) is 7.50. The first-order valence-corrected chi connectivity index (χ1v) is 6.21. The van der Waals surface area contributed by atoms with Gasteiger partial charge in [-0.05, 0) is 43.6 Å². The van der Waals surface area contributed by atoms with Crippen molar-refractivity contribution < 1.29 is 5.11 Å². The van der Waals surface area contributed by atoms with Crippen LogP contribution in [0.25, 0.3) is 0 Å². The van der Waals surface area contributed by atoms with Crippen LogP contribution in [0.1, 0.15) is 40.0 Å². The van der Waals surface area contributed by atoms with Crippen LogP contribution in [0.4, 0.5) is 0 Å². The minimum absolute atomic E-state index is 0.384. The summed E-state index contributed by atoms with van der Waals surface area (Å²) in [4.78, 5) is 0. The lowest BCUT2D eigenvalue weighted by Crippen LogP contribution is -2.11. The Kier molecular flexibility index (Phi) is 5.01. The van der Waals surface area contributed by atoms with Crippen molar-refractivity contribution in [2.45, 2.75) is 46.1 Å². The van der Waals surface area contributed by atoms with Gasteiger partial charge in [0.25, 0.3) is 0 Å². The Bertz CT molecular complexity index is 297. The molecule has 0 saturated heterocycles. The molecule has 2 atom stereocenters. The summed E-state index contributed by atoms with van der Waals surface area (Å²) in [5.41, 5.74) is 2.23. The van der Waals surface area contributed by atoms with Crippen LogP contribution in [0.5, 0.6) is 0 Å². The fourth-order valence-electron chi connectivity index (χ4n) is 1.92. The average molecular weight is 220 g/mol. The molecule has 0 heterocycles. The molecule has 90 valence electrons. The summed E-state index contributed by atoms with van der Waals surface area (Å²) < 4.78 is 0. The molecule has 0 fully saturated rings. The maximum absolute atomic E-state index is 9.86. The van der Waals surface area contributed by atoms with Crippen molar-refractivity contribution in [3.05, 3.63) is 36.0 Å². The van der Waals surface area contributed by atoms with Gasteiger partial charge in [0, 0.05) is 0 Å². The maximum Gasteiger partial charge on any atom is 0.0787 e. The van der Waals surface area contributed by atoms with E-state index in [1.807, 2.05) is 6.08 Å². The first-order valence-electron chi connectivity index (χ1n) is 6.21. The Labute approximate surface area is 99.6 Å². The maximum atomic E-state index is 9.86. The number of rotatable bonds is 1. The summed E-state index contributed by atoms with van der Waals surface area (Å²) >= 11 is 0. The second-order valence-electron chi connectivity index (χ2n) is 5.18. The Morgan fingerprint density at radius 1 is 1.44 bits per heavy atom. The molecule has 0 aliphatic heterocycles. The van der Waals surface area contributed by atoms with Crippen molar-refractivity contribution >= 4 is 0 Å². The Morgan fingerprint density at radius 2 is 2.12 bits per heavy atom. The van der Waals surface area contributed by atoms with Crippen LogP contribution < -0.4 is 0 Å². The standard InChI is InChI=1S/C15H24O/c1-11(2)14-8-5-12(3)6-10-15(16)13(4)7-9-14/h5,7,9,11,14-16H,4,6,8,10H2,1-3H3/b9-7+,12-5-/t14-,15+/m1/s1. The first kappa shape index (κ1) is 13.2. The fraction of sp³-hybridized carbons (Fsp3) is 0.600. The zero-order chi connectivity index (χ0) is 12.1. The predicted molar refractivity (Wildman–Crippen MR) is 70.2 cm³/mol. The molecular formula is C15H24O. The molecule has 0 aromatic heterocycles. The summed E-state index contributed by atoms with van der Waals surface area (Å²) in [6.45, 7) is 10.6. The molecule has 16 heavy (non-hydrogen) atoms. The van der Waals surface area contributed by atoms with E-state index in [1.54, 1.807) is 0 Å². The van der Waals surface area contributed by atoms with Crippen LogP contribution in [0.2, 0.25) is 0 Å². The monoisotopic (exact) mass is 220 g/mol. The van der Waals surface area contributed by atoms with Crippen molar-refractivity contribution in [3.63, 3.8) is 0 Å². The third-order valence-corrected chi connectivity index (χ3v) is 3.39. The lowest BCUT2D eigenvalue weighted by molar-refractivity contribution is 0.204. The SMILES string of the molecule is C=C1/C=C/[C@H](C(C)C)C/C=C(/C)CC[C@@H]1O. The van der Waals surface area contributed by atoms with Crippen LogP contribution >= 0.6 is 0 Å². The molecule has 0 unspecified atom stereocenters. The highest BCUT2D eigenvalue weighted by Crippen LogP contribution is 2.23. The third kappa shape index (κ3) is 3.97. The van der Waals surface area contributed by atoms with Crippen LogP contribution in [-0.4, -0.2) is 11.2 Å². The van der Waals surface area contributed by atoms with E-state index < -0.39 is 0 Å². The van der Waals surface area contributed by atoms with Crippen molar-refractivity contribution in [2.24, 2.45) is 11.8 Å². The van der Waals surface area contributed by atoms with Gasteiger partial charge in [0.2, 0.25) is 0 Å². The lowest BCUT2D eigenvalue weighted by atomic mass is 9.88. The fourth-order valence-corrected chi connectivity index (χ4v) is 1.92. The van der Waals surface area contributed by atoms with Crippen molar-refractivity contribution in [1.29, 1.82) is 0 Å². The summed E-state index contributed by atoms with van der Waals surface area (Å²) in [6, 6.07) is 0. The quantitative estimate of drug-likeness (QED) is 0.665. The summed E-state index contributed by atoms with van der Waals surface area (Å²) in [5, 5.41) is 9.86. The van der Waals surface area contributed by atoms with Gasteiger partial charge in [-0.25, -0.2) is 0 Å². The van der Waals surface area contributed by atoms with Gasteiger partial charge in [0.05, 0.1) is 6.10 Å². The minimum Gasteiger partial charge on any atom is -0.388 e. The van der Waals surface area contributed by atoms with Crippen molar-refractivity contribution in [2.75, 3.05) is 0 Å². The molecular weight excluding hydrogens is 196 g/mol. The topological polar surface area (TPSA) is 20.2 Å². The van der Waals surface area contributed by atoms with E-state index in [-0.39, 0.29) is 6.10 Å². The van der Waals surface area contributed by atoms with E-state index in [4.69, 9.17) is 0 Å². The highest BCUT2D eigenvalue weighted by molar-refractivity contribution is 5.21. The largest absolute Gasteiger partial charge is 0.388 e. The highest BCUT2D eigenvalue weighted by Gasteiger charge is 2.12. The van der Waals surface area contributed by atoms with Crippen LogP contribution in [0.15, 0.2) is 36.0 Å². The number of aliphatic hydroxyl groups is 1. The van der Waals surface area contributed by atoms with Gasteiger partial charge in [-0.15, -0.1) is 0 Å². The van der Waals surface area contributed by atoms with Crippen LogP contribution in [0, 0.1) is 11.8 Å². The van der Waals surface area contributed by atoms with Gasteiger partial charge in [0.15, 0.2) is 0 Å². The lowest BCUT2D eigenvalue weighted by Gasteiger charge is -2.18. The van der Waals surface area contributed by atoms with Crippen LogP contribution in [0.3, 0.4) is 0 Å². The van der Waals surface area contributed by atoms with E-state index in [0.717, 1.165) is 24.8 Å². The number of allylic oxidation sites excluding steroid dienone is 3. The molecule has 0 radical (unpaired) electrons. The number of hydrogen-bond acceptors (Lipinski definition) is 1. The molecule has 1 heteroatoms. The van der Waals surface area contributed by atoms with Crippen molar-refractivity contribution in [3.8, 4) is 0 Å². The van der Waals surface area contributed by atoms with E-state index in [2.05, 4.69) is 39.5 Å². The molecule has 0 aromatic rings. The van der Waals surface area contributed by atoms with E-state index in [9.17, 15) is 5.11 Å². The molecule has 1 aliphatic rings. The van der Waals surface area contributed by atoms with Gasteiger partial charge in [0.1, 0.15) is 0 Å². The summed E-state index contributed by atoms with van der Waals surface area (Å²) in [6.07, 6.45) is 9.00. The summed E-state index contributed by atoms with van der Waals surface area (Å²) in [7, 11) is 0. The Hall–Kier alpha value is -0.820. The second kappa shape index (κ2) is 6.05. The zero-order valence-corrected chi connectivity index (χ0v) is 10.7. The van der Waals surface area contributed by atoms with Crippen LogP contribution in [-0.2, 0) is 0 Å². The Morgan fingerprint density at radius 3 is 2.75 bits per heavy atom. The van der Waals surface area contributed by atoms with Gasteiger partial charge >= 0.3 is 0 Å². The van der Waals surface area contributed by atoms with Gasteiger partial charge in [-0.2, -0.15) is 0 Å². The molecule has 0 bridgehead atoms. The molecule has 1 rings (SSSR count). The highest BCUT2D eigenvalue weighted by atomic mass is 16.3. The molecule has 0 saturated carbocycles. The van der Waals surface area contributed by atoms with Gasteiger partial charge in [-0.1, -0.05) is 44.2 Å². The molecule has 1 aliphatic carbocycles. The predicted octanol–water partition coefficient (Wildman–Crippen LogP) is 3.86. The average Bonchev–Trinajstić information content (AvgIpc) is 2.23. The van der Waals surface area contributed by atoms with E-state index in [0.29, 0.717) is 11.8 Å². The third-order valence-electron chi connectivity index (χ3n) is 3.39. The summed E-state index contributed by atoms with van der Waals surface area (Å²) in [5.74, 6) is 1.18. The molecule has 0 amide bonds. The molecule has 0 aromatic carbocycles. The zero-order valence-electron chi connectivity index (χ0n) is 10.7. The molecule has 1 N–H and O–H groups in total. The number of hydrogen-bond donors (Lipinski definition) is 1. The second-order valence-corrected chi connectivity index (χ2v) is 5.18. The minimum atomic E-state index is -0.384. The molecule has 1 nitrogen and oxygen atoms in total. The van der Waals surface area contributed by atoms with E-state index >= 15 is 0 Å². The normalized spacial score (nSPS) is 33.3. The number of aliphatic hydroxyl groups excluding tert-OH is 1. The smallest absolute Gasteiger partial charge is 0.0787 e. The van der Waals surface area contributed by atoms with Gasteiger partial charge in [-0.3, -0.25) is 0 Å². The van der Waals surface area contributed by atoms with Gasteiger partial charge < -0.3 is 5.11 Å². The molecule has 0 spiro atoms. The van der Waals surface area contributed by atoms with E-state index in [1.165, 1.54) is 5.57 Å². The Balaban J connectivity index is 2.82.